The second kappa shape index (κ2) is 5.14. The topological polar surface area (TPSA) is 184 Å². The summed E-state index contributed by atoms with van der Waals surface area (Å²) in [6.45, 7) is 0. The third kappa shape index (κ3) is 2.83. The van der Waals surface area contributed by atoms with E-state index in [4.69, 9.17) is 4.55 Å². The van der Waals surface area contributed by atoms with Gasteiger partial charge < -0.3 is 0 Å². The Morgan fingerprint density at radius 3 is 1.95 bits per heavy atom. The van der Waals surface area contributed by atoms with Gasteiger partial charge in [-0.25, -0.2) is 0 Å². The van der Waals surface area contributed by atoms with E-state index in [2.05, 4.69) is 0 Å². The van der Waals surface area contributed by atoms with Crippen molar-refractivity contribution in [2.75, 3.05) is 0 Å². The van der Waals surface area contributed by atoms with Crippen molar-refractivity contribution in [1.29, 1.82) is 0 Å². The third-order valence-corrected chi connectivity index (χ3v) is 3.16. The summed E-state index contributed by atoms with van der Waals surface area (Å²) in [4.78, 5) is 28.1. The Morgan fingerprint density at radius 1 is 1.05 bits per heavy atom. The van der Waals surface area contributed by atoms with Crippen LogP contribution in [0.5, 0.6) is 0 Å². The second-order valence-electron chi connectivity index (χ2n) is 3.38. The smallest absolute Gasteiger partial charge is 0.280 e. The van der Waals surface area contributed by atoms with Crippen LogP contribution in [0.3, 0.4) is 0 Å². The minimum atomic E-state index is -5.34. The van der Waals surface area contributed by atoms with Crippen LogP contribution in [0.25, 0.3) is 0 Å². The molecule has 0 aliphatic heterocycles. The lowest BCUT2D eigenvalue weighted by Gasteiger charge is -2.07. The van der Waals surface area contributed by atoms with Gasteiger partial charge in [-0.05, 0) is 6.07 Å². The van der Waals surface area contributed by atoms with E-state index in [9.17, 15) is 38.8 Å². The molecule has 0 fully saturated rings. The molecule has 1 aromatic carbocycles. The lowest BCUT2D eigenvalue weighted by atomic mass is 10.1. The maximum atomic E-state index is 11.0. The van der Waals surface area contributed by atoms with Gasteiger partial charge in [0, 0.05) is 11.0 Å². The molecular weight excluding hydrogens is 302 g/mol. The van der Waals surface area contributed by atoms with Crippen molar-refractivity contribution in [2.45, 2.75) is 5.37 Å². The van der Waals surface area contributed by atoms with E-state index >= 15 is 0 Å². The molecule has 1 aromatic rings. The average molecular weight is 307 g/mol. The van der Waals surface area contributed by atoms with Gasteiger partial charge in [-0.2, -0.15) is 8.42 Å². The quantitative estimate of drug-likeness (QED) is 0.463. The summed E-state index contributed by atoms with van der Waals surface area (Å²) in [5.41, 5.74) is -3.59. The van der Waals surface area contributed by atoms with Gasteiger partial charge in [0.1, 0.15) is 5.56 Å². The molecule has 0 heterocycles. The minimum absolute atomic E-state index is 0.645. The van der Waals surface area contributed by atoms with E-state index in [1.54, 1.807) is 0 Å². The fourth-order valence-corrected chi connectivity index (χ4v) is 2.21. The van der Waals surface area contributed by atoms with Gasteiger partial charge in [0.25, 0.3) is 0 Å². The summed E-state index contributed by atoms with van der Waals surface area (Å²) in [7, 11) is -5.34. The van der Waals surface area contributed by atoms with E-state index in [1.165, 1.54) is 0 Å². The molecule has 0 saturated heterocycles. The highest BCUT2D eigenvalue weighted by molar-refractivity contribution is 7.85. The molecule has 12 nitrogen and oxygen atoms in total. The highest BCUT2D eigenvalue weighted by atomic mass is 32.2. The van der Waals surface area contributed by atoms with Gasteiger partial charge in [0.2, 0.25) is 0 Å². The van der Waals surface area contributed by atoms with Crippen molar-refractivity contribution in [1.82, 2.24) is 0 Å². The van der Waals surface area contributed by atoms with Crippen LogP contribution in [-0.4, -0.2) is 27.7 Å². The normalized spacial score (nSPS) is 12.7. The SMILES string of the molecule is O=[N+]([O-])c1cccc(C([N+](=O)[O-])S(=O)(=O)O)c1[N+](=O)[O-]. The van der Waals surface area contributed by atoms with Crippen molar-refractivity contribution in [3.8, 4) is 0 Å². The summed E-state index contributed by atoms with van der Waals surface area (Å²) >= 11 is 0. The third-order valence-electron chi connectivity index (χ3n) is 2.16. The monoisotopic (exact) mass is 307 g/mol. The molecule has 0 aromatic heterocycles. The Labute approximate surface area is 109 Å². The predicted octanol–water partition coefficient (Wildman–Crippen LogP) is 0.666. The number of nitro groups is 3. The zero-order chi connectivity index (χ0) is 15.7. The van der Waals surface area contributed by atoms with Crippen molar-refractivity contribution in [3.63, 3.8) is 0 Å². The Hall–Kier alpha value is -2.67. The van der Waals surface area contributed by atoms with E-state index in [1.807, 2.05) is 0 Å². The Kier molecular flexibility index (Phi) is 3.95. The van der Waals surface area contributed by atoms with E-state index in [0.29, 0.717) is 12.1 Å². The van der Waals surface area contributed by atoms with Gasteiger partial charge in [0.05, 0.1) is 9.85 Å². The summed E-state index contributed by atoms with van der Waals surface area (Å²) in [6.07, 6.45) is 0. The molecule has 1 N–H and O–H groups in total. The van der Waals surface area contributed by atoms with Gasteiger partial charge >= 0.3 is 26.9 Å². The van der Waals surface area contributed by atoms with Crippen LogP contribution in [0.2, 0.25) is 0 Å². The summed E-state index contributed by atoms with van der Waals surface area (Å²) in [5.74, 6) is 0. The molecule has 0 aliphatic carbocycles. The molecule has 13 heteroatoms. The van der Waals surface area contributed by atoms with Crippen LogP contribution in [0.1, 0.15) is 10.9 Å². The van der Waals surface area contributed by atoms with Gasteiger partial charge in [-0.3, -0.25) is 34.9 Å². The van der Waals surface area contributed by atoms with Crippen LogP contribution in [0, 0.1) is 30.3 Å². The lowest BCUT2D eigenvalue weighted by molar-refractivity contribution is -0.506. The van der Waals surface area contributed by atoms with Crippen molar-refractivity contribution in [3.05, 3.63) is 54.1 Å². The molecule has 0 radical (unpaired) electrons. The number of para-hydroxylation sites is 1. The number of rotatable bonds is 5. The molecule has 0 aliphatic rings. The number of hydrogen-bond acceptors (Lipinski definition) is 8. The molecule has 0 spiro atoms. The molecule has 0 amide bonds. The zero-order valence-corrected chi connectivity index (χ0v) is 10.1. The molecule has 1 rings (SSSR count). The van der Waals surface area contributed by atoms with Crippen molar-refractivity contribution < 1.29 is 27.7 Å². The highest BCUT2D eigenvalue weighted by Gasteiger charge is 2.45. The van der Waals surface area contributed by atoms with Crippen LogP contribution >= 0.6 is 0 Å². The van der Waals surface area contributed by atoms with Crippen LogP contribution in [0.4, 0.5) is 11.4 Å². The first-order chi connectivity index (χ1) is 9.07. The zero-order valence-electron chi connectivity index (χ0n) is 9.27. The maximum Gasteiger partial charge on any atom is 0.366 e. The minimum Gasteiger partial charge on any atom is -0.280 e. The van der Waals surface area contributed by atoms with E-state index in [0.717, 1.165) is 6.07 Å². The molecule has 20 heavy (non-hydrogen) atoms. The molecule has 0 bridgehead atoms. The van der Waals surface area contributed by atoms with Crippen LogP contribution in [0.15, 0.2) is 18.2 Å². The molecule has 108 valence electrons. The van der Waals surface area contributed by atoms with E-state index < -0.39 is 47.2 Å². The summed E-state index contributed by atoms with van der Waals surface area (Å²) in [6, 6.07) is 2.16. The van der Waals surface area contributed by atoms with Crippen LogP contribution in [-0.2, 0) is 10.1 Å². The number of nitro benzene ring substituents is 2. The first kappa shape index (κ1) is 15.4. The molecule has 0 saturated carbocycles. The number of hydrogen-bond donors (Lipinski definition) is 1. The molecule has 1 atom stereocenters. The first-order valence-corrected chi connectivity index (χ1v) is 6.09. The average Bonchev–Trinajstić information content (AvgIpc) is 2.25. The molecular formula is C7H5N3O9S. The lowest BCUT2D eigenvalue weighted by Crippen LogP contribution is -2.22. The largest absolute Gasteiger partial charge is 0.366 e. The van der Waals surface area contributed by atoms with Gasteiger partial charge in [-0.1, -0.05) is 6.07 Å². The van der Waals surface area contributed by atoms with E-state index in [-0.39, 0.29) is 0 Å². The maximum absolute atomic E-state index is 11.0. The Balaban J connectivity index is 3.76. The van der Waals surface area contributed by atoms with Gasteiger partial charge in [-0.15, -0.1) is 0 Å². The fraction of sp³-hybridized carbons (Fsp3) is 0.143. The number of nitrogens with zero attached hydrogens (tertiary/aromatic N) is 3. The highest BCUT2D eigenvalue weighted by Crippen LogP contribution is 2.37. The van der Waals surface area contributed by atoms with Crippen molar-refractivity contribution >= 4 is 21.5 Å². The van der Waals surface area contributed by atoms with Crippen molar-refractivity contribution in [2.24, 2.45) is 0 Å². The number of benzene rings is 1. The van der Waals surface area contributed by atoms with Gasteiger partial charge in [0.15, 0.2) is 0 Å². The standard InChI is InChI=1S/C7H5N3O9S/c11-8(12)5-3-1-2-4(6(5)9(13)14)7(10(15)16)20(17,18)19/h1-3,7H,(H,17,18,19). The second-order valence-corrected chi connectivity index (χ2v) is 4.86. The fourth-order valence-electron chi connectivity index (χ4n) is 1.48. The predicted molar refractivity (Wildman–Crippen MR) is 61.0 cm³/mol. The summed E-state index contributed by atoms with van der Waals surface area (Å²) in [5, 5.41) is 29.2. The molecule has 1 unspecified atom stereocenters. The summed E-state index contributed by atoms with van der Waals surface area (Å²) < 4.78 is 30.7. The Morgan fingerprint density at radius 2 is 1.60 bits per heavy atom. The van der Waals surface area contributed by atoms with Crippen LogP contribution < -0.4 is 0 Å². The Bertz CT molecular complexity index is 697. The first-order valence-electron chi connectivity index (χ1n) is 4.59.